The predicted octanol–water partition coefficient (Wildman–Crippen LogP) is 1.14. The van der Waals surface area contributed by atoms with E-state index in [1.165, 1.54) is 0 Å². The van der Waals surface area contributed by atoms with Crippen LogP contribution in [-0.4, -0.2) is 54.4 Å². The van der Waals surface area contributed by atoms with Gasteiger partial charge in [0.1, 0.15) is 13.2 Å². The van der Waals surface area contributed by atoms with Crippen LogP contribution in [0.15, 0.2) is 11.5 Å². The molecule has 10 heteroatoms. The molecule has 0 spiro atoms. The number of hydrogen-bond acceptors (Lipinski definition) is 4. The summed E-state index contributed by atoms with van der Waals surface area (Å²) in [6, 6.07) is 0. The van der Waals surface area contributed by atoms with Crippen LogP contribution in [0.1, 0.15) is 0 Å². The van der Waals surface area contributed by atoms with Crippen LogP contribution >= 0.6 is 0 Å². The van der Waals surface area contributed by atoms with Gasteiger partial charge in [0.15, 0.2) is 0 Å². The number of ether oxygens (including phenoxy) is 2. The lowest BCUT2D eigenvalue weighted by Gasteiger charge is -2.24. The minimum absolute atomic E-state index is 0.843. The van der Waals surface area contributed by atoms with Crippen LogP contribution in [0, 0.1) is 0 Å². The number of alkyl halides is 6. The fourth-order valence-electron chi connectivity index (χ4n) is 1.38. The molecule has 4 nitrogen and oxygen atoms in total. The number of aliphatic hydroxyl groups is 2. The molecule has 0 bridgehead atoms. The van der Waals surface area contributed by atoms with Crippen molar-refractivity contribution in [3.05, 3.63) is 11.5 Å². The quantitative estimate of drug-likeness (QED) is 0.722. The molecule has 0 aromatic heterocycles. The van der Waals surface area contributed by atoms with Gasteiger partial charge in [-0.2, -0.15) is 26.3 Å². The largest absolute Gasteiger partial charge is 0.486 e. The van der Waals surface area contributed by atoms with Crippen LogP contribution in [0.4, 0.5) is 26.3 Å². The summed E-state index contributed by atoms with van der Waals surface area (Å²) in [7, 11) is 0. The van der Waals surface area contributed by atoms with Gasteiger partial charge in [0.05, 0.1) is 13.2 Å². The third-order valence-corrected chi connectivity index (χ3v) is 2.24. The van der Waals surface area contributed by atoms with Crippen molar-refractivity contribution in [1.29, 1.82) is 0 Å². The van der Waals surface area contributed by atoms with Crippen molar-refractivity contribution >= 4 is 0 Å². The molecule has 0 atom stereocenters. The lowest BCUT2D eigenvalue weighted by Crippen LogP contribution is -2.49. The van der Waals surface area contributed by atoms with Crippen molar-refractivity contribution in [2.75, 3.05) is 26.4 Å². The van der Waals surface area contributed by atoms with E-state index in [0.717, 1.165) is 0 Å². The predicted molar refractivity (Wildman–Crippen MR) is 47.9 cm³/mol. The monoisotopic (exact) mass is 296 g/mol. The highest BCUT2D eigenvalue weighted by atomic mass is 19.3. The van der Waals surface area contributed by atoms with E-state index in [4.69, 9.17) is 10.2 Å². The molecule has 0 radical (unpaired) electrons. The zero-order valence-corrected chi connectivity index (χ0v) is 9.31. The average molecular weight is 296 g/mol. The van der Waals surface area contributed by atoms with Gasteiger partial charge in [-0.15, -0.1) is 0 Å². The highest BCUT2D eigenvalue weighted by Crippen LogP contribution is 2.59. The zero-order valence-electron chi connectivity index (χ0n) is 9.31. The first-order valence-electron chi connectivity index (χ1n) is 5.00. The zero-order chi connectivity index (χ0) is 14.9. The lowest BCUT2D eigenvalue weighted by atomic mass is 10.1. The van der Waals surface area contributed by atoms with E-state index in [9.17, 15) is 26.3 Å². The Hall–Kier alpha value is -1.16. The lowest BCUT2D eigenvalue weighted by molar-refractivity contribution is -0.277. The molecular formula is C9H10F6O4. The second-order valence-electron chi connectivity index (χ2n) is 3.53. The van der Waals surface area contributed by atoms with Crippen LogP contribution in [-0.2, 0) is 9.47 Å². The molecule has 112 valence electrons. The van der Waals surface area contributed by atoms with Crippen LogP contribution in [0.3, 0.4) is 0 Å². The molecule has 0 aliphatic heterocycles. The fraction of sp³-hybridized carbons (Fsp3) is 0.778. The smallest absolute Gasteiger partial charge is 0.387 e. The van der Waals surface area contributed by atoms with Crippen molar-refractivity contribution in [1.82, 2.24) is 0 Å². The van der Waals surface area contributed by atoms with Gasteiger partial charge in [-0.3, -0.25) is 0 Å². The first-order chi connectivity index (χ1) is 8.64. The SMILES string of the molecule is OCCOC1=C(OCCO)C(F)(F)C(F)(F)C1(F)F. The van der Waals surface area contributed by atoms with Gasteiger partial charge in [0.2, 0.25) is 11.5 Å². The standard InChI is InChI=1S/C9H10F6O4/c10-7(11)5(18-3-1-16)6(19-4-2-17)8(12,13)9(7,14)15/h16-17H,1-4H2. The van der Waals surface area contributed by atoms with E-state index in [0.29, 0.717) is 0 Å². The van der Waals surface area contributed by atoms with E-state index in [1.54, 1.807) is 0 Å². The van der Waals surface area contributed by atoms with E-state index in [-0.39, 0.29) is 0 Å². The second-order valence-corrected chi connectivity index (χ2v) is 3.53. The Morgan fingerprint density at radius 2 is 1.05 bits per heavy atom. The molecule has 0 saturated heterocycles. The Morgan fingerprint density at radius 1 is 0.737 bits per heavy atom. The third-order valence-electron chi connectivity index (χ3n) is 2.24. The maximum atomic E-state index is 13.2. The Labute approximate surface area is 103 Å². The first kappa shape index (κ1) is 15.9. The number of rotatable bonds is 6. The Balaban J connectivity index is 3.23. The summed E-state index contributed by atoms with van der Waals surface area (Å²) in [6.07, 6.45) is 0. The maximum Gasteiger partial charge on any atom is 0.387 e. The summed E-state index contributed by atoms with van der Waals surface area (Å²) in [4.78, 5) is 0. The van der Waals surface area contributed by atoms with Crippen molar-refractivity contribution in [2.24, 2.45) is 0 Å². The summed E-state index contributed by atoms with van der Waals surface area (Å²) < 4.78 is 87.2. The summed E-state index contributed by atoms with van der Waals surface area (Å²) >= 11 is 0. The van der Waals surface area contributed by atoms with Crippen molar-refractivity contribution in [2.45, 2.75) is 17.8 Å². The Morgan fingerprint density at radius 3 is 1.32 bits per heavy atom. The van der Waals surface area contributed by atoms with Gasteiger partial charge in [-0.05, 0) is 0 Å². The molecule has 0 saturated carbocycles. The summed E-state index contributed by atoms with van der Waals surface area (Å²) in [5.74, 6) is -20.4. The molecule has 19 heavy (non-hydrogen) atoms. The third kappa shape index (κ3) is 2.22. The molecule has 0 aromatic rings. The van der Waals surface area contributed by atoms with Crippen LogP contribution in [0.5, 0.6) is 0 Å². The number of allylic oxidation sites excluding steroid dienone is 2. The second kappa shape index (κ2) is 5.08. The van der Waals surface area contributed by atoms with Crippen molar-refractivity contribution in [3.8, 4) is 0 Å². The molecule has 1 rings (SSSR count). The van der Waals surface area contributed by atoms with Gasteiger partial charge in [0, 0.05) is 0 Å². The maximum absolute atomic E-state index is 13.2. The van der Waals surface area contributed by atoms with Gasteiger partial charge in [-0.25, -0.2) is 0 Å². The fourth-order valence-corrected chi connectivity index (χ4v) is 1.38. The van der Waals surface area contributed by atoms with Crippen LogP contribution in [0.25, 0.3) is 0 Å². The van der Waals surface area contributed by atoms with Gasteiger partial charge < -0.3 is 19.7 Å². The minimum atomic E-state index is -5.73. The normalized spacial score (nSPS) is 23.6. The van der Waals surface area contributed by atoms with Crippen LogP contribution < -0.4 is 0 Å². The van der Waals surface area contributed by atoms with Crippen LogP contribution in [0.2, 0.25) is 0 Å². The van der Waals surface area contributed by atoms with Crippen molar-refractivity contribution in [3.63, 3.8) is 0 Å². The average Bonchev–Trinajstić information content (AvgIpc) is 2.40. The molecular weight excluding hydrogens is 286 g/mol. The van der Waals surface area contributed by atoms with Gasteiger partial charge in [-0.1, -0.05) is 0 Å². The molecule has 0 aromatic carbocycles. The first-order valence-corrected chi connectivity index (χ1v) is 5.00. The highest BCUT2D eigenvalue weighted by molar-refractivity contribution is 5.34. The minimum Gasteiger partial charge on any atom is -0.486 e. The molecule has 1 aliphatic rings. The van der Waals surface area contributed by atoms with E-state index in [1.807, 2.05) is 0 Å². The molecule has 0 unspecified atom stereocenters. The molecule has 0 heterocycles. The number of halogens is 6. The number of aliphatic hydroxyl groups excluding tert-OH is 2. The van der Waals surface area contributed by atoms with E-state index in [2.05, 4.69) is 9.47 Å². The van der Waals surface area contributed by atoms with Gasteiger partial charge in [0.25, 0.3) is 0 Å². The summed E-state index contributed by atoms with van der Waals surface area (Å²) in [6.45, 7) is -3.46. The van der Waals surface area contributed by atoms with E-state index >= 15 is 0 Å². The van der Waals surface area contributed by atoms with E-state index < -0.39 is 55.7 Å². The van der Waals surface area contributed by atoms with Crippen molar-refractivity contribution < 1.29 is 46.0 Å². The molecule has 0 amide bonds. The topological polar surface area (TPSA) is 58.9 Å². The highest BCUT2D eigenvalue weighted by Gasteiger charge is 2.83. The van der Waals surface area contributed by atoms with Gasteiger partial charge >= 0.3 is 17.8 Å². The molecule has 2 N–H and O–H groups in total. The molecule has 1 aliphatic carbocycles. The molecule has 0 fully saturated rings. The number of hydrogen-bond donors (Lipinski definition) is 2. The Kier molecular flexibility index (Phi) is 4.25. The summed E-state index contributed by atoms with van der Waals surface area (Å²) in [5, 5.41) is 16.7. The summed E-state index contributed by atoms with van der Waals surface area (Å²) in [5.41, 5.74) is 0. The Bertz CT molecular complexity index is 336.